The highest BCUT2D eigenvalue weighted by molar-refractivity contribution is 7.86. The highest BCUT2D eigenvalue weighted by Gasteiger charge is 2.49. The number of hydrogen-bond acceptors (Lipinski definition) is 10. The number of aromatic nitrogens is 4. The van der Waals surface area contributed by atoms with Crippen molar-refractivity contribution in [3.63, 3.8) is 0 Å². The van der Waals surface area contributed by atoms with E-state index in [9.17, 15) is 18.0 Å². The van der Waals surface area contributed by atoms with Crippen molar-refractivity contribution in [3.8, 4) is 0 Å². The van der Waals surface area contributed by atoms with E-state index in [2.05, 4.69) is 63.1 Å². The van der Waals surface area contributed by atoms with Crippen LogP contribution in [0.2, 0.25) is 20.1 Å². The summed E-state index contributed by atoms with van der Waals surface area (Å²) >= 11 is 25.2. The normalized spacial score (nSPS) is 19.1. The van der Waals surface area contributed by atoms with Crippen LogP contribution in [0.3, 0.4) is 0 Å². The molecule has 7 aromatic rings. The molecule has 2 aliphatic carbocycles. The second-order valence-corrected chi connectivity index (χ2v) is 27.1. The van der Waals surface area contributed by atoms with Gasteiger partial charge in [0.2, 0.25) is 11.6 Å². The molecular weight excluding hydrogens is 1160 g/mol. The summed E-state index contributed by atoms with van der Waals surface area (Å²) in [6.07, 6.45) is 22.4. The van der Waals surface area contributed by atoms with E-state index in [4.69, 9.17) is 63.6 Å². The molecular formula is C63H69Cl4N5O8S2. The number of piperidine rings is 3. The minimum Gasteiger partial charge on any atom is -0.748 e. The van der Waals surface area contributed by atoms with Crippen molar-refractivity contribution in [1.29, 1.82) is 0 Å². The Bertz CT molecular complexity index is 3610. The van der Waals surface area contributed by atoms with Gasteiger partial charge in [-0.1, -0.05) is 125 Å². The number of halogens is 4. The average molecular weight is 1230 g/mol. The molecule has 0 saturated carbocycles. The molecule has 3 aliphatic heterocycles. The summed E-state index contributed by atoms with van der Waals surface area (Å²) in [6, 6.07) is 34.6. The van der Waals surface area contributed by atoms with E-state index in [-0.39, 0.29) is 30.0 Å². The number of rotatable bonds is 18. The first-order valence-electron chi connectivity index (χ1n) is 28.1. The first-order valence-corrected chi connectivity index (χ1v) is 33.2. The van der Waals surface area contributed by atoms with E-state index in [1.807, 2.05) is 53.2 Å². The Labute approximate surface area is 502 Å². The van der Waals surface area contributed by atoms with Crippen LogP contribution in [-0.2, 0) is 68.6 Å². The van der Waals surface area contributed by atoms with Crippen LogP contribution in [0.25, 0.3) is 0 Å². The van der Waals surface area contributed by atoms with Gasteiger partial charge in [-0.2, -0.15) is 8.42 Å². The number of fused-ring (bicyclic) bond motifs is 5. The molecule has 5 aromatic carbocycles. The predicted molar refractivity (Wildman–Crippen MR) is 323 cm³/mol. The van der Waals surface area contributed by atoms with Crippen molar-refractivity contribution in [1.82, 2.24) is 19.1 Å². The van der Waals surface area contributed by atoms with Gasteiger partial charge in [0.25, 0.3) is 10.1 Å². The molecule has 0 unspecified atom stereocenters. The third kappa shape index (κ3) is 15.4. The van der Waals surface area contributed by atoms with Gasteiger partial charge in [0.15, 0.2) is 11.6 Å². The van der Waals surface area contributed by atoms with Gasteiger partial charge in [-0.3, -0.25) is 13.8 Å². The fourth-order valence-electron chi connectivity index (χ4n) is 12.7. The number of carbonyl (C=O) groups excluding carboxylic acids is 2. The number of imidazole rings is 2. The van der Waals surface area contributed by atoms with Gasteiger partial charge >= 0.3 is 0 Å². The molecule has 0 amide bonds. The number of quaternary nitrogens is 1. The Morgan fingerprint density at radius 2 is 1.06 bits per heavy atom. The molecule has 82 heavy (non-hydrogen) atoms. The van der Waals surface area contributed by atoms with E-state index in [1.54, 1.807) is 30.7 Å². The van der Waals surface area contributed by atoms with E-state index in [0.717, 1.165) is 80.9 Å². The zero-order chi connectivity index (χ0) is 58.2. The number of hydrogen-bond donors (Lipinski definition) is 0. The monoisotopic (exact) mass is 1230 g/mol. The number of nitrogens with zero attached hydrogens (tertiary/aromatic N) is 5. The Morgan fingerprint density at radius 1 is 0.610 bits per heavy atom. The quantitative estimate of drug-likeness (QED) is 0.0349. The number of carbonyl (C=O) groups is 2. The maximum Gasteiger partial charge on any atom is 0.264 e. The topological polar surface area (TPSA) is 170 Å². The fourth-order valence-corrected chi connectivity index (χ4v) is 13.7. The number of aryl methyl sites for hydroxylation is 2. The van der Waals surface area contributed by atoms with Gasteiger partial charge in [0.05, 0.1) is 69.3 Å². The Hall–Kier alpha value is -5.20. The van der Waals surface area contributed by atoms with Crippen LogP contribution in [0.1, 0.15) is 141 Å². The highest BCUT2D eigenvalue weighted by Crippen LogP contribution is 2.47. The minimum absolute atomic E-state index is 0.00785. The molecule has 2 aromatic heterocycles. The van der Waals surface area contributed by atoms with Crippen LogP contribution in [-0.4, -0.2) is 102 Å². The standard InChI is InChI=1S/C37H40Cl2N3O.C25H26Cl2N2O4S.CH4O3S/c38-33-14-13-28(25-34(33)39)29(15-21-42-22-16-37(17-23-42,18-24-42)30-9-2-1-3-10-30)26-41-20-19-40-36(41)35(43)32-12-6-8-27-7-4-5-11-31(27)32;1-34(31,32)33-14-11-19(18-9-10-22(26)23(27)15-18)16-29-13-12-28-25(29)24(30)21-8-4-6-17-5-2-3-7-20(17)21;1-5(2,3)4/h1-3,6,8-10,12-14,19-20,25,29H,4-5,7,11,15-18,21-24,26H2;4,6,8-10,12-13,15,19H,2-3,5,7,11,14,16H2,1H3;1H3,(H,2,3,4)/q+1;;/p-1/t29-,37?,42?;19-;/m11./s1. The van der Waals surface area contributed by atoms with Gasteiger partial charge in [0, 0.05) is 98.2 Å². The van der Waals surface area contributed by atoms with Gasteiger partial charge < -0.3 is 18.2 Å². The first-order chi connectivity index (χ1) is 39.2. The largest absolute Gasteiger partial charge is 0.748 e. The highest BCUT2D eigenvalue weighted by atomic mass is 35.5. The molecule has 0 N–H and O–H groups in total. The summed E-state index contributed by atoms with van der Waals surface area (Å²) in [6.45, 7) is 5.92. The zero-order valence-corrected chi connectivity index (χ0v) is 50.9. The average Bonchev–Trinajstić information content (AvgIpc) is 4.27. The molecule has 434 valence electrons. The molecule has 0 spiro atoms. The van der Waals surface area contributed by atoms with Gasteiger partial charge in [0.1, 0.15) is 0 Å². The van der Waals surface area contributed by atoms with Gasteiger partial charge in [-0.05, 0) is 121 Å². The third-order valence-electron chi connectivity index (χ3n) is 17.1. The molecule has 5 heterocycles. The van der Waals surface area contributed by atoms with Crippen molar-refractivity contribution in [2.75, 3.05) is 45.3 Å². The number of benzene rings is 5. The second kappa shape index (κ2) is 26.8. The number of ketones is 2. The molecule has 5 aliphatic rings. The third-order valence-corrected chi connectivity index (χ3v) is 19.2. The molecule has 13 nitrogen and oxygen atoms in total. The molecule has 3 fully saturated rings. The van der Waals surface area contributed by atoms with E-state index in [0.29, 0.717) is 68.5 Å². The lowest BCUT2D eigenvalue weighted by Gasteiger charge is -2.55. The van der Waals surface area contributed by atoms with Crippen molar-refractivity contribution < 1.29 is 39.6 Å². The van der Waals surface area contributed by atoms with E-state index < -0.39 is 20.2 Å². The minimum atomic E-state index is -3.92. The Kier molecular flexibility index (Phi) is 20.1. The summed E-state index contributed by atoms with van der Waals surface area (Å²) in [5.74, 6) is 0.817. The molecule has 0 radical (unpaired) electrons. The van der Waals surface area contributed by atoms with Crippen LogP contribution in [0.4, 0.5) is 0 Å². The van der Waals surface area contributed by atoms with E-state index >= 15 is 0 Å². The van der Waals surface area contributed by atoms with Crippen LogP contribution in [0, 0.1) is 0 Å². The summed E-state index contributed by atoms with van der Waals surface area (Å²) in [5, 5.41) is 2.00. The maximum atomic E-state index is 13.9. The van der Waals surface area contributed by atoms with Crippen molar-refractivity contribution >= 4 is 78.2 Å². The maximum absolute atomic E-state index is 13.9. The van der Waals surface area contributed by atoms with Crippen LogP contribution >= 0.6 is 46.4 Å². The van der Waals surface area contributed by atoms with Crippen LogP contribution in [0.5, 0.6) is 0 Å². The lowest BCUT2D eigenvalue weighted by molar-refractivity contribution is -0.943. The van der Waals surface area contributed by atoms with Crippen LogP contribution in [0.15, 0.2) is 128 Å². The van der Waals surface area contributed by atoms with Gasteiger partial charge in [-0.25, -0.2) is 18.4 Å². The summed E-state index contributed by atoms with van der Waals surface area (Å²) in [7, 11) is -7.48. The van der Waals surface area contributed by atoms with Crippen LogP contribution < -0.4 is 0 Å². The van der Waals surface area contributed by atoms with Crippen molar-refractivity contribution in [3.05, 3.63) is 210 Å². The Balaban J connectivity index is 0.000000187. The smallest absolute Gasteiger partial charge is 0.264 e. The fraction of sp³-hybridized carbons (Fsp3) is 0.397. The van der Waals surface area contributed by atoms with Gasteiger partial charge in [-0.15, -0.1) is 0 Å². The van der Waals surface area contributed by atoms with Crippen molar-refractivity contribution in [2.24, 2.45) is 0 Å². The lowest BCUT2D eigenvalue weighted by atomic mass is 9.66. The lowest BCUT2D eigenvalue weighted by Crippen LogP contribution is -2.63. The Morgan fingerprint density at radius 3 is 1.51 bits per heavy atom. The zero-order valence-electron chi connectivity index (χ0n) is 46.3. The molecule has 2 bridgehead atoms. The molecule has 2 atom stereocenters. The first kappa shape index (κ1) is 61.4. The molecule has 12 rings (SSSR count). The summed E-state index contributed by atoms with van der Waals surface area (Å²) in [4.78, 5) is 36.5. The summed E-state index contributed by atoms with van der Waals surface area (Å²) < 4.78 is 60.2. The van der Waals surface area contributed by atoms with E-state index in [1.165, 1.54) is 77.6 Å². The molecule has 19 heteroatoms. The SMILES string of the molecule is CS(=O)(=O)OCC[C@H](Cn1ccnc1C(=O)c1cccc2c1CCCC2)c1ccc(Cl)c(Cl)c1.CS(=O)(=O)[O-].O=C(c1cccc2c1CCCC2)c1nccn1C[C@@H](CC[N+]12CCC(c3ccccc3)(CC1)CC2)c1ccc(Cl)c(Cl)c1. The second-order valence-electron chi connectivity index (χ2n) is 22.4. The predicted octanol–water partition coefficient (Wildman–Crippen LogP) is 13.0. The summed E-state index contributed by atoms with van der Waals surface area (Å²) in [5.41, 5.74) is 10.3. The van der Waals surface area contributed by atoms with Crippen molar-refractivity contribution in [2.45, 2.75) is 114 Å². The molecule has 3 saturated heterocycles.